The molecule has 0 amide bonds. The van der Waals surface area contributed by atoms with Gasteiger partial charge < -0.3 is 19.1 Å². The molecule has 2 heterocycles. The van der Waals surface area contributed by atoms with E-state index in [-0.39, 0.29) is 34.6 Å². The smallest absolute Gasteiger partial charge is 0.165 e. The van der Waals surface area contributed by atoms with E-state index in [0.717, 1.165) is 43.7 Å². The minimum atomic E-state index is -0.577. The standard InChI is InChI=1S/C24H31NO4/c1-13-11-22-12-16(14(2)26)24(13,28-5)21-23(22)8-9-25(3)18(22)10-15-6-7-17(27-4)20(29-21)19(15)23/h6-7,13,16,18,21H,8-12H2,1-5H3/t13-,16+,18+,21+,22?,23-,24?/m0/s1. The summed E-state index contributed by atoms with van der Waals surface area (Å²) >= 11 is 0. The monoisotopic (exact) mass is 397 g/mol. The van der Waals surface area contributed by atoms with Crippen molar-refractivity contribution in [2.24, 2.45) is 17.3 Å². The quantitative estimate of drug-likeness (QED) is 0.785. The summed E-state index contributed by atoms with van der Waals surface area (Å²) < 4.78 is 19.0. The minimum Gasteiger partial charge on any atom is -0.493 e. The first-order valence-corrected chi connectivity index (χ1v) is 11.0. The van der Waals surface area contributed by atoms with Gasteiger partial charge in [-0.15, -0.1) is 0 Å². The maximum Gasteiger partial charge on any atom is 0.165 e. The minimum absolute atomic E-state index is 0.0469. The van der Waals surface area contributed by atoms with Gasteiger partial charge >= 0.3 is 0 Å². The number of piperidine rings is 1. The normalized spacial score (nSPS) is 46.2. The summed E-state index contributed by atoms with van der Waals surface area (Å²) in [4.78, 5) is 15.5. The number of rotatable bonds is 3. The van der Waals surface area contributed by atoms with Crippen LogP contribution in [0.5, 0.6) is 11.5 Å². The maximum atomic E-state index is 13.0. The van der Waals surface area contributed by atoms with Gasteiger partial charge in [-0.1, -0.05) is 13.0 Å². The van der Waals surface area contributed by atoms with Crippen LogP contribution in [-0.4, -0.2) is 56.2 Å². The van der Waals surface area contributed by atoms with E-state index in [1.807, 2.05) is 0 Å². The number of benzene rings is 1. The first kappa shape index (κ1) is 18.2. The molecule has 0 N–H and O–H groups in total. The highest BCUT2D eigenvalue weighted by atomic mass is 16.6. The van der Waals surface area contributed by atoms with E-state index < -0.39 is 5.60 Å². The topological polar surface area (TPSA) is 48.0 Å². The number of hydrogen-bond donors (Lipinski definition) is 0. The number of nitrogens with zero attached hydrogens (tertiary/aromatic N) is 1. The van der Waals surface area contributed by atoms with Crippen LogP contribution in [0.3, 0.4) is 0 Å². The number of methoxy groups -OCH3 is 2. The largest absolute Gasteiger partial charge is 0.493 e. The number of ether oxygens (including phenoxy) is 3. The molecule has 5 nitrogen and oxygen atoms in total. The number of Topliss-reactive ketones (excluding diaryl/α,β-unsaturated/α-hetero) is 1. The Morgan fingerprint density at radius 1 is 1.28 bits per heavy atom. The predicted molar refractivity (Wildman–Crippen MR) is 109 cm³/mol. The lowest BCUT2D eigenvalue weighted by Crippen LogP contribution is -2.83. The highest BCUT2D eigenvalue weighted by Gasteiger charge is 2.82. The van der Waals surface area contributed by atoms with Crippen LogP contribution in [0.1, 0.15) is 44.2 Å². The molecule has 5 heteroatoms. The molecule has 3 saturated carbocycles. The highest BCUT2D eigenvalue weighted by Crippen LogP contribution is 2.77. The predicted octanol–water partition coefficient (Wildman–Crippen LogP) is 2.97. The van der Waals surface area contributed by atoms with Crippen molar-refractivity contribution in [3.8, 4) is 11.5 Å². The molecule has 4 bridgehead atoms. The lowest BCUT2D eigenvalue weighted by molar-refractivity contribution is -0.291. The Kier molecular flexibility index (Phi) is 3.36. The molecule has 4 fully saturated rings. The van der Waals surface area contributed by atoms with Crippen LogP contribution in [0.25, 0.3) is 0 Å². The summed E-state index contributed by atoms with van der Waals surface area (Å²) in [7, 11) is 5.78. The van der Waals surface area contributed by atoms with E-state index in [2.05, 4.69) is 31.0 Å². The van der Waals surface area contributed by atoms with Crippen molar-refractivity contribution >= 4 is 5.78 Å². The van der Waals surface area contributed by atoms with Gasteiger partial charge in [-0.3, -0.25) is 4.79 Å². The molecule has 7 rings (SSSR count). The van der Waals surface area contributed by atoms with Gasteiger partial charge in [-0.2, -0.15) is 0 Å². The molecule has 2 unspecified atom stereocenters. The SMILES string of the molecule is COc1ccc2c3c1O[C@H]1C4(OC)[C@@H](C(C)=O)CC5(C[C@@H]4C)[C@@H](C2)N(C)CC[C@]315. The van der Waals surface area contributed by atoms with Crippen molar-refractivity contribution in [1.29, 1.82) is 0 Å². The van der Waals surface area contributed by atoms with Crippen molar-refractivity contribution in [2.45, 2.75) is 62.7 Å². The maximum absolute atomic E-state index is 13.0. The van der Waals surface area contributed by atoms with E-state index in [1.54, 1.807) is 21.1 Å². The number of likely N-dealkylation sites (N-methyl/N-ethyl adjacent to an activating group) is 1. The summed E-state index contributed by atoms with van der Waals surface area (Å²) in [5, 5.41) is 0. The number of ketones is 1. The molecule has 0 radical (unpaired) electrons. The first-order chi connectivity index (χ1) is 13.9. The van der Waals surface area contributed by atoms with Gasteiger partial charge in [0.1, 0.15) is 17.5 Å². The fraction of sp³-hybridized carbons (Fsp3) is 0.708. The Morgan fingerprint density at radius 3 is 2.76 bits per heavy atom. The first-order valence-electron chi connectivity index (χ1n) is 11.0. The number of likely N-dealkylation sites (tertiary alicyclic amines) is 1. The number of hydrogen-bond acceptors (Lipinski definition) is 5. The zero-order chi connectivity index (χ0) is 20.3. The average Bonchev–Trinajstić information content (AvgIpc) is 3.06. The Hall–Kier alpha value is -1.59. The molecule has 7 atom stereocenters. The Bertz CT molecular complexity index is 930. The average molecular weight is 398 g/mol. The van der Waals surface area contributed by atoms with Crippen LogP contribution >= 0.6 is 0 Å². The van der Waals surface area contributed by atoms with Gasteiger partial charge in [0.15, 0.2) is 11.5 Å². The molecule has 29 heavy (non-hydrogen) atoms. The molecule has 156 valence electrons. The molecular weight excluding hydrogens is 366 g/mol. The highest BCUT2D eigenvalue weighted by molar-refractivity contribution is 5.81. The summed E-state index contributed by atoms with van der Waals surface area (Å²) in [6.45, 7) is 5.09. The number of carbonyl (C=O) groups excluding carboxylic acids is 1. The van der Waals surface area contributed by atoms with Crippen molar-refractivity contribution in [3.63, 3.8) is 0 Å². The van der Waals surface area contributed by atoms with Gasteiger partial charge in [-0.05, 0) is 63.7 Å². The van der Waals surface area contributed by atoms with Gasteiger partial charge in [0.2, 0.25) is 0 Å². The van der Waals surface area contributed by atoms with Crippen LogP contribution in [0.15, 0.2) is 12.1 Å². The fourth-order valence-electron chi connectivity index (χ4n) is 8.82. The Morgan fingerprint density at radius 2 is 2.07 bits per heavy atom. The van der Waals surface area contributed by atoms with E-state index in [0.29, 0.717) is 6.04 Å². The van der Waals surface area contributed by atoms with Gasteiger partial charge in [0, 0.05) is 29.5 Å². The fourth-order valence-corrected chi connectivity index (χ4v) is 8.82. The second-order valence-corrected chi connectivity index (χ2v) is 10.2. The third-order valence-corrected chi connectivity index (χ3v) is 9.70. The summed E-state index contributed by atoms with van der Waals surface area (Å²) in [6.07, 6.45) is 3.95. The third kappa shape index (κ3) is 1.66. The Labute approximate surface area is 172 Å². The zero-order valence-electron chi connectivity index (χ0n) is 18.1. The molecule has 1 aromatic carbocycles. The molecule has 1 aromatic rings. The lowest BCUT2D eigenvalue weighted by Gasteiger charge is -2.75. The summed E-state index contributed by atoms with van der Waals surface area (Å²) in [5.74, 6) is 2.12. The van der Waals surface area contributed by atoms with E-state index in [4.69, 9.17) is 14.2 Å². The molecule has 2 spiro atoms. The van der Waals surface area contributed by atoms with Crippen molar-refractivity contribution < 1.29 is 19.0 Å². The lowest BCUT2D eigenvalue weighted by atomic mass is 9.33. The number of carbonyl (C=O) groups is 1. The van der Waals surface area contributed by atoms with Crippen LogP contribution < -0.4 is 9.47 Å². The second kappa shape index (κ2) is 5.36. The van der Waals surface area contributed by atoms with Crippen LogP contribution in [0.4, 0.5) is 0 Å². The van der Waals surface area contributed by atoms with Crippen LogP contribution in [-0.2, 0) is 21.4 Å². The number of fused-ring (bicyclic) bond motifs is 2. The summed E-state index contributed by atoms with van der Waals surface area (Å²) in [6, 6.07) is 4.75. The van der Waals surface area contributed by atoms with E-state index in [9.17, 15) is 4.79 Å². The zero-order valence-corrected chi connectivity index (χ0v) is 18.1. The molecule has 0 aromatic heterocycles. The van der Waals surface area contributed by atoms with Crippen molar-refractivity contribution in [3.05, 3.63) is 23.3 Å². The molecule has 1 saturated heterocycles. The van der Waals surface area contributed by atoms with E-state index in [1.165, 1.54) is 11.1 Å². The second-order valence-electron chi connectivity index (χ2n) is 10.2. The summed E-state index contributed by atoms with van der Waals surface area (Å²) in [5.41, 5.74) is 2.16. The molecule has 4 aliphatic carbocycles. The van der Waals surface area contributed by atoms with Crippen molar-refractivity contribution in [2.75, 3.05) is 27.8 Å². The molecule has 2 aliphatic heterocycles. The van der Waals surface area contributed by atoms with Crippen LogP contribution in [0.2, 0.25) is 0 Å². The molecule has 6 aliphatic rings. The van der Waals surface area contributed by atoms with Crippen LogP contribution in [0, 0.1) is 17.3 Å². The van der Waals surface area contributed by atoms with Crippen molar-refractivity contribution in [1.82, 2.24) is 4.90 Å². The third-order valence-electron chi connectivity index (χ3n) is 9.70. The Balaban J connectivity index is 1.71. The van der Waals surface area contributed by atoms with Gasteiger partial charge in [0.25, 0.3) is 0 Å². The van der Waals surface area contributed by atoms with E-state index >= 15 is 0 Å². The van der Waals surface area contributed by atoms with Gasteiger partial charge in [0.05, 0.1) is 13.0 Å². The van der Waals surface area contributed by atoms with Gasteiger partial charge in [-0.25, -0.2) is 0 Å². The molecular formula is C24H31NO4.